The summed E-state index contributed by atoms with van der Waals surface area (Å²) in [5.74, 6) is 0.0530. The van der Waals surface area contributed by atoms with E-state index in [1.165, 1.54) is 29.4 Å². The largest absolute Gasteiger partial charge is 0.449 e. The zero-order chi connectivity index (χ0) is 17.6. The van der Waals surface area contributed by atoms with Crippen LogP contribution in [0.25, 0.3) is 11.1 Å². The van der Waals surface area contributed by atoms with Crippen molar-refractivity contribution in [3.8, 4) is 11.1 Å². The summed E-state index contributed by atoms with van der Waals surface area (Å²) < 4.78 is 10.3. The Balaban J connectivity index is 1.57. The highest BCUT2D eigenvalue weighted by Crippen LogP contribution is 2.44. The molecule has 1 unspecified atom stereocenters. The number of hydrogen-bond acceptors (Lipinski definition) is 4. The Kier molecular flexibility index (Phi) is 5.68. The smallest absolute Gasteiger partial charge is 0.407 e. The Morgan fingerprint density at radius 2 is 1.72 bits per heavy atom. The quantitative estimate of drug-likeness (QED) is 0.812. The van der Waals surface area contributed by atoms with E-state index in [4.69, 9.17) is 9.47 Å². The number of amides is 1. The Morgan fingerprint density at radius 1 is 1.12 bits per heavy atom. The molecule has 1 amide bonds. The molecule has 2 N–H and O–H groups in total. The first-order valence-electron chi connectivity index (χ1n) is 8.46. The molecule has 0 radical (unpaired) electrons. The van der Waals surface area contributed by atoms with Gasteiger partial charge >= 0.3 is 6.09 Å². The topological polar surface area (TPSA) is 67.8 Å². The average molecular weight is 341 g/mol. The summed E-state index contributed by atoms with van der Waals surface area (Å²) >= 11 is 0. The number of carbonyl (C=O) groups is 1. The molecule has 132 valence electrons. The monoisotopic (exact) mass is 341 g/mol. The number of hydrogen-bond donors (Lipinski definition) is 2. The van der Waals surface area contributed by atoms with Crippen molar-refractivity contribution >= 4 is 6.09 Å². The molecule has 5 heteroatoms. The van der Waals surface area contributed by atoms with Gasteiger partial charge in [0.25, 0.3) is 0 Å². The summed E-state index contributed by atoms with van der Waals surface area (Å²) in [6.07, 6.45) is -0.622. The van der Waals surface area contributed by atoms with Gasteiger partial charge in [-0.05, 0) is 28.7 Å². The molecule has 1 atom stereocenters. The first kappa shape index (κ1) is 17.5. The van der Waals surface area contributed by atoms with Crippen LogP contribution >= 0.6 is 0 Å². The van der Waals surface area contributed by atoms with E-state index < -0.39 is 12.2 Å². The van der Waals surface area contributed by atoms with Gasteiger partial charge in [-0.15, -0.1) is 0 Å². The number of nitrogens with one attached hydrogen (secondary N) is 1. The third kappa shape index (κ3) is 4.00. The van der Waals surface area contributed by atoms with Gasteiger partial charge in [-0.1, -0.05) is 48.5 Å². The molecule has 3 rings (SSSR count). The maximum Gasteiger partial charge on any atom is 0.407 e. The summed E-state index contributed by atoms with van der Waals surface area (Å²) in [7, 11) is 1.53. The number of carbonyl (C=O) groups excluding carboxylic acids is 1. The highest BCUT2D eigenvalue weighted by molar-refractivity contribution is 5.79. The van der Waals surface area contributed by atoms with Crippen molar-refractivity contribution in [1.29, 1.82) is 0 Å². The van der Waals surface area contributed by atoms with Crippen LogP contribution in [0.3, 0.4) is 0 Å². The Labute approximate surface area is 147 Å². The third-order valence-electron chi connectivity index (χ3n) is 4.45. The van der Waals surface area contributed by atoms with E-state index in [9.17, 15) is 9.90 Å². The van der Waals surface area contributed by atoms with Gasteiger partial charge in [0, 0.05) is 19.6 Å². The molecular formula is C20H23NO4. The summed E-state index contributed by atoms with van der Waals surface area (Å²) in [6, 6.07) is 16.4. The molecule has 25 heavy (non-hydrogen) atoms. The fourth-order valence-corrected chi connectivity index (χ4v) is 3.27. The van der Waals surface area contributed by atoms with Gasteiger partial charge in [-0.25, -0.2) is 4.79 Å². The predicted octanol–water partition coefficient (Wildman–Crippen LogP) is 2.92. The molecule has 0 bridgehead atoms. The van der Waals surface area contributed by atoms with Crippen molar-refractivity contribution in [2.75, 3.05) is 26.9 Å². The summed E-state index contributed by atoms with van der Waals surface area (Å²) in [5, 5.41) is 12.2. The Hall–Kier alpha value is -2.37. The van der Waals surface area contributed by atoms with Crippen LogP contribution in [0.5, 0.6) is 0 Å². The van der Waals surface area contributed by atoms with Crippen LogP contribution in [0, 0.1) is 0 Å². The van der Waals surface area contributed by atoms with Gasteiger partial charge in [0.2, 0.25) is 0 Å². The fourth-order valence-electron chi connectivity index (χ4n) is 3.27. The van der Waals surface area contributed by atoms with Gasteiger partial charge in [-0.3, -0.25) is 0 Å². The highest BCUT2D eigenvalue weighted by atomic mass is 16.5. The number of fused-ring (bicyclic) bond motifs is 3. The van der Waals surface area contributed by atoms with Crippen molar-refractivity contribution in [1.82, 2.24) is 5.32 Å². The normalized spacial score (nSPS) is 13.8. The molecule has 2 aromatic carbocycles. The summed E-state index contributed by atoms with van der Waals surface area (Å²) in [4.78, 5) is 11.9. The van der Waals surface area contributed by atoms with Gasteiger partial charge < -0.3 is 19.9 Å². The molecular weight excluding hydrogens is 318 g/mol. The molecule has 1 aliphatic rings. The van der Waals surface area contributed by atoms with Crippen molar-refractivity contribution in [3.63, 3.8) is 0 Å². The first-order chi connectivity index (χ1) is 12.2. The number of methoxy groups -OCH3 is 1. The van der Waals surface area contributed by atoms with Crippen molar-refractivity contribution in [2.45, 2.75) is 18.4 Å². The molecule has 0 aliphatic heterocycles. The molecule has 2 aromatic rings. The standard InChI is InChI=1S/C20H23NO4/c1-24-12-14(22)10-11-21-20(23)25-13-19-17-8-4-2-6-15(17)16-7-3-5-9-18(16)19/h2-9,14,19,22H,10-13H2,1H3,(H,21,23). The summed E-state index contributed by atoms with van der Waals surface area (Å²) in [6.45, 7) is 0.897. The molecule has 0 aromatic heterocycles. The molecule has 0 saturated carbocycles. The van der Waals surface area contributed by atoms with Gasteiger partial charge in [0.15, 0.2) is 0 Å². The lowest BCUT2D eigenvalue weighted by atomic mass is 9.98. The van der Waals surface area contributed by atoms with E-state index in [-0.39, 0.29) is 12.5 Å². The molecule has 0 fully saturated rings. The van der Waals surface area contributed by atoms with Crippen molar-refractivity contribution in [2.24, 2.45) is 0 Å². The van der Waals surface area contributed by atoms with Crippen molar-refractivity contribution in [3.05, 3.63) is 59.7 Å². The summed E-state index contributed by atoms with van der Waals surface area (Å²) in [5.41, 5.74) is 4.78. The second-order valence-electron chi connectivity index (χ2n) is 6.15. The molecule has 0 heterocycles. The zero-order valence-corrected chi connectivity index (χ0v) is 14.3. The van der Waals surface area contributed by atoms with Gasteiger partial charge in [0.05, 0.1) is 12.7 Å². The minimum Gasteiger partial charge on any atom is -0.449 e. The van der Waals surface area contributed by atoms with E-state index in [2.05, 4.69) is 29.6 Å². The van der Waals surface area contributed by atoms with Crippen LogP contribution in [-0.2, 0) is 9.47 Å². The van der Waals surface area contributed by atoms with E-state index in [1.807, 2.05) is 24.3 Å². The highest BCUT2D eigenvalue weighted by Gasteiger charge is 2.28. The molecule has 0 spiro atoms. The number of ether oxygens (including phenoxy) is 2. The Morgan fingerprint density at radius 3 is 2.32 bits per heavy atom. The number of aliphatic hydroxyl groups excluding tert-OH is 1. The first-order valence-corrected chi connectivity index (χ1v) is 8.46. The molecule has 5 nitrogen and oxygen atoms in total. The van der Waals surface area contributed by atoms with E-state index in [0.717, 1.165) is 0 Å². The number of alkyl carbamates (subject to hydrolysis) is 1. The molecule has 0 saturated heterocycles. The predicted molar refractivity (Wildman–Crippen MR) is 95.6 cm³/mol. The van der Waals surface area contributed by atoms with Crippen LogP contribution in [0.15, 0.2) is 48.5 Å². The molecule has 1 aliphatic carbocycles. The minimum absolute atomic E-state index is 0.0530. The van der Waals surface area contributed by atoms with Crippen LogP contribution < -0.4 is 5.32 Å². The number of aliphatic hydroxyl groups is 1. The van der Waals surface area contributed by atoms with Crippen molar-refractivity contribution < 1.29 is 19.4 Å². The van der Waals surface area contributed by atoms with Gasteiger partial charge in [-0.2, -0.15) is 0 Å². The van der Waals surface area contributed by atoms with E-state index >= 15 is 0 Å². The van der Waals surface area contributed by atoms with E-state index in [0.29, 0.717) is 19.6 Å². The van der Waals surface area contributed by atoms with Crippen LogP contribution in [0.4, 0.5) is 4.79 Å². The lowest BCUT2D eigenvalue weighted by Gasteiger charge is -2.15. The number of rotatable bonds is 7. The number of benzene rings is 2. The van der Waals surface area contributed by atoms with Crippen LogP contribution in [-0.4, -0.2) is 44.2 Å². The lowest BCUT2D eigenvalue weighted by Crippen LogP contribution is -2.30. The van der Waals surface area contributed by atoms with Crippen LogP contribution in [0.1, 0.15) is 23.5 Å². The maximum absolute atomic E-state index is 11.9. The minimum atomic E-state index is -0.584. The fraction of sp³-hybridized carbons (Fsp3) is 0.350. The lowest BCUT2D eigenvalue weighted by molar-refractivity contribution is 0.0589. The second kappa shape index (κ2) is 8.14. The SMILES string of the molecule is COCC(O)CCNC(=O)OCC1c2ccccc2-c2ccccc21. The van der Waals surface area contributed by atoms with E-state index in [1.54, 1.807) is 0 Å². The maximum atomic E-state index is 11.9. The average Bonchev–Trinajstić information content (AvgIpc) is 2.94. The van der Waals surface area contributed by atoms with Crippen LogP contribution in [0.2, 0.25) is 0 Å². The third-order valence-corrected chi connectivity index (χ3v) is 4.45. The zero-order valence-electron chi connectivity index (χ0n) is 14.3. The second-order valence-corrected chi connectivity index (χ2v) is 6.15. The Bertz CT molecular complexity index is 686. The van der Waals surface area contributed by atoms with Gasteiger partial charge in [0.1, 0.15) is 6.61 Å².